The summed E-state index contributed by atoms with van der Waals surface area (Å²) in [7, 11) is 0. The fraction of sp³-hybridized carbons (Fsp3) is 0.478. The fourth-order valence-corrected chi connectivity index (χ4v) is 5.62. The maximum absolute atomic E-state index is 5.53. The minimum atomic E-state index is 0.809. The number of nitrogens with zero attached hydrogens (tertiary/aromatic N) is 3. The highest BCUT2D eigenvalue weighted by molar-refractivity contribution is 7.21. The lowest BCUT2D eigenvalue weighted by Gasteiger charge is -2.29. The van der Waals surface area contributed by atoms with Crippen LogP contribution in [-0.4, -0.2) is 57.5 Å². The van der Waals surface area contributed by atoms with E-state index in [4.69, 9.17) is 9.72 Å². The second-order valence-corrected chi connectivity index (χ2v) is 9.21. The van der Waals surface area contributed by atoms with Gasteiger partial charge in [0.15, 0.2) is 6.54 Å². The summed E-state index contributed by atoms with van der Waals surface area (Å²) >= 11 is 1.88. The largest absolute Gasteiger partial charge is 0.378 e. The number of aryl methyl sites for hydroxylation is 2. The molecule has 1 aliphatic carbocycles. The number of hydrogen-bond acceptors (Lipinski definition) is 5. The molecule has 2 fully saturated rings. The van der Waals surface area contributed by atoms with Gasteiger partial charge in [0.25, 0.3) is 0 Å². The van der Waals surface area contributed by atoms with Gasteiger partial charge in [0.1, 0.15) is 6.54 Å². The molecule has 0 saturated carbocycles. The average molecular weight is 410 g/mol. The molecule has 1 N–H and O–H groups in total. The third-order valence-electron chi connectivity index (χ3n) is 6.03. The van der Waals surface area contributed by atoms with Crippen molar-refractivity contribution < 1.29 is 4.74 Å². The van der Waals surface area contributed by atoms with E-state index in [1.54, 1.807) is 0 Å². The molecule has 3 heterocycles. The summed E-state index contributed by atoms with van der Waals surface area (Å²) < 4.78 is 9.31. The minimum absolute atomic E-state index is 0.809. The van der Waals surface area contributed by atoms with Gasteiger partial charge in [-0.2, -0.15) is 0 Å². The van der Waals surface area contributed by atoms with Crippen LogP contribution in [0.5, 0.6) is 0 Å². The molecule has 0 atom stereocenters. The Hall–Kier alpha value is -2.02. The second kappa shape index (κ2) is 8.01. The van der Waals surface area contributed by atoms with Crippen LogP contribution in [0.2, 0.25) is 0 Å². The molecule has 0 bridgehead atoms. The van der Waals surface area contributed by atoms with Crippen molar-refractivity contribution in [2.75, 3.05) is 57.4 Å². The molecule has 29 heavy (non-hydrogen) atoms. The Balaban J connectivity index is 1.66. The number of ether oxygens (including phenoxy) is 1. The summed E-state index contributed by atoms with van der Waals surface area (Å²) in [6.45, 7) is 12.3. The standard InChI is InChI=1S/C23H29N4OS/c1-16-12-18(26-6-3-4-24-5-7-26)14-20-22(16)25-23-17(2)13-19(15-21(23)29-20)27-8-10-28-11-9-27/h12-15,24H,3-11H2,1-2H3/q+1. The molecule has 6 heteroatoms. The number of rotatable bonds is 1. The molecule has 1 aromatic carbocycles. The molecule has 152 valence electrons. The molecule has 3 aliphatic heterocycles. The van der Waals surface area contributed by atoms with E-state index in [9.17, 15) is 0 Å². The van der Waals surface area contributed by atoms with Crippen molar-refractivity contribution in [2.45, 2.75) is 20.3 Å². The molecule has 2 saturated heterocycles. The van der Waals surface area contributed by atoms with E-state index in [0.29, 0.717) is 0 Å². The summed E-state index contributed by atoms with van der Waals surface area (Å²) in [4.78, 5) is 8.81. The molecule has 0 aromatic heterocycles. The van der Waals surface area contributed by atoms with Crippen molar-refractivity contribution in [3.8, 4) is 10.6 Å². The molecular formula is C23H29N4OS+. The molecule has 0 radical (unpaired) electrons. The van der Waals surface area contributed by atoms with E-state index in [1.165, 1.54) is 38.2 Å². The zero-order valence-electron chi connectivity index (χ0n) is 17.3. The first kappa shape index (κ1) is 19.0. The third kappa shape index (κ3) is 3.77. The van der Waals surface area contributed by atoms with Crippen LogP contribution in [0.1, 0.15) is 17.5 Å². The summed E-state index contributed by atoms with van der Waals surface area (Å²) in [6.07, 6.45) is 1.19. The van der Waals surface area contributed by atoms with E-state index in [2.05, 4.69) is 52.9 Å². The van der Waals surface area contributed by atoms with E-state index in [0.717, 1.165) is 63.7 Å². The quantitative estimate of drug-likeness (QED) is 0.496. The highest BCUT2D eigenvalue weighted by Crippen LogP contribution is 2.35. The van der Waals surface area contributed by atoms with Crippen LogP contribution in [-0.2, 0) is 4.74 Å². The predicted octanol–water partition coefficient (Wildman–Crippen LogP) is 2.62. The fourth-order valence-electron chi connectivity index (χ4n) is 4.42. The summed E-state index contributed by atoms with van der Waals surface area (Å²) in [6, 6.07) is 9.27. The van der Waals surface area contributed by atoms with Crippen LogP contribution in [0.3, 0.4) is 0 Å². The van der Waals surface area contributed by atoms with Crippen LogP contribution in [0.25, 0.3) is 20.8 Å². The Kier molecular flexibility index (Phi) is 5.24. The SMILES string of the molecule is Cc1cc(=[N+]2CCCNCC2)cc2sc3cc(N4CCOCC4)cc(C)c3nc1-2. The smallest absolute Gasteiger partial charge is 0.201 e. The lowest BCUT2D eigenvalue weighted by molar-refractivity contribution is 0.122. The Morgan fingerprint density at radius 1 is 1.03 bits per heavy atom. The van der Waals surface area contributed by atoms with Crippen molar-refractivity contribution in [3.63, 3.8) is 0 Å². The number of hydrogen-bond donors (Lipinski definition) is 1. The zero-order valence-corrected chi connectivity index (χ0v) is 18.1. The molecule has 0 amide bonds. The van der Waals surface area contributed by atoms with Gasteiger partial charge in [0.2, 0.25) is 5.36 Å². The highest BCUT2D eigenvalue weighted by atomic mass is 32.1. The average Bonchev–Trinajstić information content (AvgIpc) is 3.03. The van der Waals surface area contributed by atoms with Gasteiger partial charge < -0.3 is 15.0 Å². The maximum atomic E-state index is 5.53. The van der Waals surface area contributed by atoms with Gasteiger partial charge in [-0.3, -0.25) is 0 Å². The van der Waals surface area contributed by atoms with Gasteiger partial charge >= 0.3 is 0 Å². The number of morpholine rings is 1. The second-order valence-electron chi connectivity index (χ2n) is 8.12. The summed E-state index contributed by atoms with van der Waals surface area (Å²) in [5, 5.41) is 4.83. The monoisotopic (exact) mass is 409 g/mol. The van der Waals surface area contributed by atoms with Crippen LogP contribution in [0, 0.1) is 13.8 Å². The van der Waals surface area contributed by atoms with Crippen LogP contribution in [0.4, 0.5) is 5.69 Å². The van der Waals surface area contributed by atoms with Crippen LogP contribution in [0.15, 0.2) is 24.3 Å². The van der Waals surface area contributed by atoms with Gasteiger partial charge in [0, 0.05) is 43.9 Å². The highest BCUT2D eigenvalue weighted by Gasteiger charge is 2.18. The maximum Gasteiger partial charge on any atom is 0.201 e. The van der Waals surface area contributed by atoms with Crippen molar-refractivity contribution in [3.05, 3.63) is 40.7 Å². The first-order valence-electron chi connectivity index (χ1n) is 10.7. The first-order valence-corrected chi connectivity index (χ1v) is 11.5. The topological polar surface area (TPSA) is 40.4 Å². The Bertz CT molecular complexity index is 1070. The van der Waals surface area contributed by atoms with Crippen molar-refractivity contribution >= 4 is 27.2 Å². The van der Waals surface area contributed by atoms with E-state index < -0.39 is 0 Å². The normalized spacial score (nSPS) is 20.3. The van der Waals surface area contributed by atoms with Gasteiger partial charge in [0.05, 0.1) is 40.5 Å². The predicted molar refractivity (Wildman–Crippen MR) is 121 cm³/mol. The molecule has 5 rings (SSSR count). The van der Waals surface area contributed by atoms with Crippen LogP contribution >= 0.6 is 11.3 Å². The van der Waals surface area contributed by atoms with Crippen molar-refractivity contribution in [1.29, 1.82) is 0 Å². The Morgan fingerprint density at radius 3 is 2.76 bits per heavy atom. The molecule has 5 nitrogen and oxygen atoms in total. The number of anilines is 1. The lowest BCUT2D eigenvalue weighted by Crippen LogP contribution is -2.36. The lowest BCUT2D eigenvalue weighted by atomic mass is 10.1. The zero-order chi connectivity index (χ0) is 19.8. The van der Waals surface area contributed by atoms with E-state index in [-0.39, 0.29) is 0 Å². The Morgan fingerprint density at radius 2 is 1.90 bits per heavy atom. The van der Waals surface area contributed by atoms with Crippen molar-refractivity contribution in [2.24, 2.45) is 0 Å². The molecule has 4 aliphatic rings. The number of benzene rings is 2. The third-order valence-corrected chi connectivity index (χ3v) is 7.09. The van der Waals surface area contributed by atoms with Gasteiger partial charge in [-0.1, -0.05) is 0 Å². The summed E-state index contributed by atoms with van der Waals surface area (Å²) in [5.41, 5.74) is 6.09. The minimum Gasteiger partial charge on any atom is -0.378 e. The van der Waals surface area contributed by atoms with E-state index >= 15 is 0 Å². The Labute approximate surface area is 176 Å². The summed E-state index contributed by atoms with van der Waals surface area (Å²) in [5.74, 6) is 0. The molecule has 0 unspecified atom stereocenters. The number of fused-ring (bicyclic) bond motifs is 2. The molecule has 0 spiro atoms. The first-order chi connectivity index (χ1) is 14.2. The van der Waals surface area contributed by atoms with Crippen molar-refractivity contribution in [1.82, 2.24) is 14.9 Å². The number of aromatic nitrogens is 1. The van der Waals surface area contributed by atoms with Gasteiger partial charge in [-0.15, -0.1) is 11.3 Å². The number of nitrogens with one attached hydrogen (secondary N) is 1. The molecular weight excluding hydrogens is 380 g/mol. The molecule has 1 aromatic rings. The van der Waals surface area contributed by atoms with Gasteiger partial charge in [-0.25, -0.2) is 9.56 Å². The van der Waals surface area contributed by atoms with Gasteiger partial charge in [-0.05, 0) is 37.1 Å². The van der Waals surface area contributed by atoms with Crippen LogP contribution < -0.4 is 20.1 Å². The van der Waals surface area contributed by atoms with E-state index in [1.807, 2.05) is 11.3 Å².